The Morgan fingerprint density at radius 3 is 2.83 bits per heavy atom. The molecule has 0 atom stereocenters. The number of thiazole rings is 1. The number of rotatable bonds is 5. The van der Waals surface area contributed by atoms with E-state index in [9.17, 15) is 4.79 Å². The molecule has 2 heterocycles. The van der Waals surface area contributed by atoms with E-state index >= 15 is 0 Å². The molecule has 1 saturated heterocycles. The van der Waals surface area contributed by atoms with Crippen LogP contribution >= 0.6 is 11.3 Å². The van der Waals surface area contributed by atoms with E-state index in [2.05, 4.69) is 15.6 Å². The van der Waals surface area contributed by atoms with Crippen LogP contribution in [0.15, 0.2) is 29.6 Å². The Hall–Kier alpha value is -1.92. The van der Waals surface area contributed by atoms with Gasteiger partial charge in [-0.05, 0) is 38.1 Å². The summed E-state index contributed by atoms with van der Waals surface area (Å²) in [5.41, 5.74) is 2.03. The SMILES string of the molecule is CNC(=O)CN1CCC(c2nc(-c3ccccc3OC)cs2)CC1. The topological polar surface area (TPSA) is 54.5 Å². The molecule has 128 valence electrons. The van der Waals surface area contributed by atoms with Crippen molar-refractivity contribution in [3.63, 3.8) is 0 Å². The second-order valence-electron chi connectivity index (χ2n) is 5.99. The molecule has 0 spiro atoms. The number of carbonyl (C=O) groups excluding carboxylic acids is 1. The molecule has 0 bridgehead atoms. The molecule has 6 heteroatoms. The summed E-state index contributed by atoms with van der Waals surface area (Å²) in [5, 5.41) is 5.99. The third-order valence-electron chi connectivity index (χ3n) is 4.49. The number of hydrogen-bond acceptors (Lipinski definition) is 5. The van der Waals surface area contributed by atoms with Gasteiger partial charge in [-0.1, -0.05) is 12.1 Å². The summed E-state index contributed by atoms with van der Waals surface area (Å²) in [4.78, 5) is 18.5. The number of piperidine rings is 1. The highest BCUT2D eigenvalue weighted by atomic mass is 32.1. The number of hydrogen-bond donors (Lipinski definition) is 1. The number of likely N-dealkylation sites (N-methyl/N-ethyl adjacent to an activating group) is 1. The molecule has 1 N–H and O–H groups in total. The van der Waals surface area contributed by atoms with Gasteiger partial charge in [0.15, 0.2) is 0 Å². The van der Waals surface area contributed by atoms with E-state index in [1.54, 1.807) is 25.5 Å². The van der Waals surface area contributed by atoms with Gasteiger partial charge in [-0.25, -0.2) is 4.98 Å². The largest absolute Gasteiger partial charge is 0.496 e. The summed E-state index contributed by atoms with van der Waals surface area (Å²) in [5.74, 6) is 1.43. The summed E-state index contributed by atoms with van der Waals surface area (Å²) in [6, 6.07) is 7.99. The first kappa shape index (κ1) is 16.9. The van der Waals surface area contributed by atoms with Crippen molar-refractivity contribution in [2.24, 2.45) is 0 Å². The smallest absolute Gasteiger partial charge is 0.233 e. The third-order valence-corrected chi connectivity index (χ3v) is 5.49. The van der Waals surface area contributed by atoms with Crippen LogP contribution in [0.3, 0.4) is 0 Å². The molecule has 3 rings (SSSR count). The Balaban J connectivity index is 1.66. The molecule has 1 aromatic heterocycles. The van der Waals surface area contributed by atoms with E-state index in [0.29, 0.717) is 12.5 Å². The minimum Gasteiger partial charge on any atom is -0.496 e. The number of nitrogens with zero attached hydrogens (tertiary/aromatic N) is 2. The van der Waals surface area contributed by atoms with Gasteiger partial charge in [-0.15, -0.1) is 11.3 Å². The fraction of sp³-hybridized carbons (Fsp3) is 0.444. The maximum Gasteiger partial charge on any atom is 0.233 e. The Bertz CT molecular complexity index is 693. The number of para-hydroxylation sites is 1. The standard InChI is InChI=1S/C18H23N3O2S/c1-19-17(22)11-21-9-7-13(8-10-21)18-20-15(12-24-18)14-5-3-4-6-16(14)23-2/h3-6,12-13H,7-11H2,1-2H3,(H,19,22). The van der Waals surface area contributed by atoms with Gasteiger partial charge in [0.1, 0.15) is 5.75 Å². The fourth-order valence-electron chi connectivity index (χ4n) is 3.08. The van der Waals surface area contributed by atoms with Crippen LogP contribution in [0.1, 0.15) is 23.8 Å². The van der Waals surface area contributed by atoms with Gasteiger partial charge in [-0.2, -0.15) is 0 Å². The van der Waals surface area contributed by atoms with Crippen LogP contribution in [0, 0.1) is 0 Å². The van der Waals surface area contributed by atoms with Crippen LogP contribution in [-0.2, 0) is 4.79 Å². The second kappa shape index (κ2) is 7.77. The van der Waals surface area contributed by atoms with E-state index in [-0.39, 0.29) is 5.91 Å². The summed E-state index contributed by atoms with van der Waals surface area (Å²) in [6.45, 7) is 2.39. The lowest BCUT2D eigenvalue weighted by atomic mass is 9.97. The van der Waals surface area contributed by atoms with Crippen molar-refractivity contribution < 1.29 is 9.53 Å². The van der Waals surface area contributed by atoms with E-state index < -0.39 is 0 Å². The number of likely N-dealkylation sites (tertiary alicyclic amines) is 1. The lowest BCUT2D eigenvalue weighted by Crippen LogP contribution is -2.40. The molecule has 1 fully saturated rings. The highest BCUT2D eigenvalue weighted by Gasteiger charge is 2.24. The molecular formula is C18H23N3O2S. The Kier molecular flexibility index (Phi) is 5.48. The Morgan fingerprint density at radius 1 is 1.38 bits per heavy atom. The van der Waals surface area contributed by atoms with Gasteiger partial charge >= 0.3 is 0 Å². The summed E-state index contributed by atoms with van der Waals surface area (Å²) in [6.07, 6.45) is 2.10. The normalized spacial score (nSPS) is 16.1. The van der Waals surface area contributed by atoms with Crippen molar-refractivity contribution in [1.29, 1.82) is 0 Å². The minimum absolute atomic E-state index is 0.0844. The highest BCUT2D eigenvalue weighted by molar-refractivity contribution is 7.10. The van der Waals surface area contributed by atoms with Gasteiger partial charge < -0.3 is 10.1 Å². The molecule has 0 saturated carbocycles. The highest BCUT2D eigenvalue weighted by Crippen LogP contribution is 2.35. The van der Waals surface area contributed by atoms with E-state index in [1.807, 2.05) is 24.3 Å². The monoisotopic (exact) mass is 345 g/mol. The average Bonchev–Trinajstić information content (AvgIpc) is 3.12. The van der Waals surface area contributed by atoms with Crippen molar-refractivity contribution in [3.05, 3.63) is 34.7 Å². The number of aromatic nitrogens is 1. The maximum atomic E-state index is 11.5. The first-order valence-electron chi connectivity index (χ1n) is 8.23. The molecule has 1 aliphatic rings. The zero-order valence-corrected chi connectivity index (χ0v) is 14.9. The first-order chi connectivity index (χ1) is 11.7. The van der Waals surface area contributed by atoms with E-state index in [1.165, 1.54) is 5.01 Å². The average molecular weight is 345 g/mol. The first-order valence-corrected chi connectivity index (χ1v) is 9.11. The van der Waals surface area contributed by atoms with Gasteiger partial charge in [0.25, 0.3) is 0 Å². The van der Waals surface area contributed by atoms with Gasteiger partial charge in [0, 0.05) is 23.9 Å². The summed E-state index contributed by atoms with van der Waals surface area (Å²) >= 11 is 1.73. The molecule has 5 nitrogen and oxygen atoms in total. The molecule has 0 aliphatic carbocycles. The minimum atomic E-state index is 0.0844. The Morgan fingerprint density at radius 2 is 2.12 bits per heavy atom. The van der Waals surface area contributed by atoms with Crippen LogP contribution in [0.25, 0.3) is 11.3 Å². The van der Waals surface area contributed by atoms with Crippen LogP contribution in [0.5, 0.6) is 5.75 Å². The zero-order chi connectivity index (χ0) is 16.9. The molecule has 0 unspecified atom stereocenters. The predicted octanol–water partition coefficient (Wildman–Crippen LogP) is 2.74. The molecule has 1 amide bonds. The maximum absolute atomic E-state index is 11.5. The van der Waals surface area contributed by atoms with Crippen molar-refractivity contribution in [3.8, 4) is 17.0 Å². The third kappa shape index (κ3) is 3.76. The molecule has 1 aromatic carbocycles. The van der Waals surface area contributed by atoms with Crippen molar-refractivity contribution in [2.75, 3.05) is 33.8 Å². The molecular weight excluding hydrogens is 322 g/mol. The number of ether oxygens (including phenoxy) is 1. The molecule has 0 radical (unpaired) electrons. The zero-order valence-electron chi connectivity index (χ0n) is 14.1. The number of amides is 1. The van der Waals surface area contributed by atoms with Crippen molar-refractivity contribution >= 4 is 17.2 Å². The lowest BCUT2D eigenvalue weighted by molar-refractivity contribution is -0.122. The van der Waals surface area contributed by atoms with Crippen LogP contribution in [0.4, 0.5) is 0 Å². The lowest BCUT2D eigenvalue weighted by Gasteiger charge is -2.30. The van der Waals surface area contributed by atoms with Crippen LogP contribution in [-0.4, -0.2) is 49.6 Å². The summed E-state index contributed by atoms with van der Waals surface area (Å²) in [7, 11) is 3.37. The van der Waals surface area contributed by atoms with E-state index in [4.69, 9.17) is 9.72 Å². The number of nitrogens with one attached hydrogen (secondary N) is 1. The number of carbonyl (C=O) groups is 1. The number of benzene rings is 1. The van der Waals surface area contributed by atoms with E-state index in [0.717, 1.165) is 42.9 Å². The molecule has 24 heavy (non-hydrogen) atoms. The summed E-state index contributed by atoms with van der Waals surface area (Å²) < 4.78 is 5.44. The molecule has 2 aromatic rings. The van der Waals surface area contributed by atoms with Gasteiger partial charge in [-0.3, -0.25) is 9.69 Å². The predicted molar refractivity (Wildman–Crippen MR) is 96.6 cm³/mol. The fourth-order valence-corrected chi connectivity index (χ4v) is 4.07. The number of methoxy groups -OCH3 is 1. The molecule has 1 aliphatic heterocycles. The van der Waals surface area contributed by atoms with Gasteiger partial charge in [0.2, 0.25) is 5.91 Å². The van der Waals surface area contributed by atoms with Crippen molar-refractivity contribution in [2.45, 2.75) is 18.8 Å². The Labute approximate surface area is 146 Å². The van der Waals surface area contributed by atoms with Crippen LogP contribution < -0.4 is 10.1 Å². The quantitative estimate of drug-likeness (QED) is 0.905. The van der Waals surface area contributed by atoms with Crippen molar-refractivity contribution in [1.82, 2.24) is 15.2 Å². The second-order valence-corrected chi connectivity index (χ2v) is 6.88. The van der Waals surface area contributed by atoms with Crippen LogP contribution in [0.2, 0.25) is 0 Å². The van der Waals surface area contributed by atoms with Gasteiger partial charge in [0.05, 0.1) is 24.4 Å².